The van der Waals surface area contributed by atoms with Crippen LogP contribution in [0.15, 0.2) is 24.8 Å². The van der Waals surface area contributed by atoms with Gasteiger partial charge in [0.15, 0.2) is 0 Å². The highest BCUT2D eigenvalue weighted by Crippen LogP contribution is 1.97. The zero-order valence-corrected chi connectivity index (χ0v) is 8.60. The summed E-state index contributed by atoms with van der Waals surface area (Å²) in [5, 5.41) is 19.5. The largest absolute Gasteiger partial charge is 0.478 e. The second-order valence-corrected chi connectivity index (χ2v) is 2.90. The molecule has 0 aromatic carbocycles. The molecule has 0 bridgehead atoms. The minimum atomic E-state index is -0.959. The first-order chi connectivity index (χ1) is 7.61. The molecule has 2 rings (SSSR count). The Morgan fingerprint density at radius 3 is 1.81 bits per heavy atom. The molecule has 0 atom stereocenters. The maximum absolute atomic E-state index is 10.2. The fourth-order valence-corrected chi connectivity index (χ4v) is 0.830. The highest BCUT2D eigenvalue weighted by atomic mass is 35.5. The third-order valence-electron chi connectivity index (χ3n) is 1.47. The predicted molar refractivity (Wildman–Crippen MR) is 54.3 cm³/mol. The van der Waals surface area contributed by atoms with E-state index in [2.05, 4.69) is 20.4 Å². The quantitative estimate of drug-likeness (QED) is 0.677. The van der Waals surface area contributed by atoms with Crippen molar-refractivity contribution in [2.24, 2.45) is 0 Å². The Morgan fingerprint density at radius 1 is 1.12 bits per heavy atom. The van der Waals surface area contributed by atoms with Crippen LogP contribution in [0, 0.1) is 0 Å². The number of carbonyl (C=O) groups excluding carboxylic acids is 1. The van der Waals surface area contributed by atoms with E-state index in [0.29, 0.717) is 5.56 Å². The molecule has 2 aromatic heterocycles. The van der Waals surface area contributed by atoms with E-state index in [-0.39, 0.29) is 5.56 Å². The van der Waals surface area contributed by atoms with Crippen LogP contribution in [0.5, 0.6) is 0 Å². The molecule has 0 aliphatic rings. The number of aromatic nitrogens is 4. The van der Waals surface area contributed by atoms with Crippen molar-refractivity contribution in [2.45, 2.75) is 0 Å². The van der Waals surface area contributed by atoms with Gasteiger partial charge in [0, 0.05) is 12.4 Å². The molecule has 2 heterocycles. The predicted octanol–water partition coefficient (Wildman–Crippen LogP) is 0.897. The molecule has 0 amide bonds. The highest BCUT2D eigenvalue weighted by Gasteiger charge is 2.00. The molecular formula is C8H7ClN4O3. The molecule has 84 valence electrons. The molecule has 0 fully saturated rings. The number of nitrogens with zero attached hydrogens (tertiary/aromatic N) is 2. The van der Waals surface area contributed by atoms with Crippen LogP contribution in [0.25, 0.3) is 0 Å². The van der Waals surface area contributed by atoms with Crippen LogP contribution in [0.2, 0.25) is 0 Å². The van der Waals surface area contributed by atoms with Crippen molar-refractivity contribution >= 4 is 22.8 Å². The lowest BCUT2D eigenvalue weighted by Gasteiger charge is -1.77. The van der Waals surface area contributed by atoms with Gasteiger partial charge in [0.1, 0.15) is 0 Å². The zero-order chi connectivity index (χ0) is 12.0. The first kappa shape index (κ1) is 11.9. The van der Waals surface area contributed by atoms with Crippen LogP contribution in [-0.2, 0) is 0 Å². The molecule has 0 saturated carbocycles. The second-order valence-electron chi connectivity index (χ2n) is 2.55. The third kappa shape index (κ3) is 3.54. The number of H-pyrrole nitrogens is 2. The third-order valence-corrected chi connectivity index (χ3v) is 1.69. The summed E-state index contributed by atoms with van der Waals surface area (Å²) in [7, 11) is 0. The van der Waals surface area contributed by atoms with Gasteiger partial charge < -0.3 is 5.11 Å². The van der Waals surface area contributed by atoms with Gasteiger partial charge in [0.05, 0.1) is 23.5 Å². The molecule has 0 unspecified atom stereocenters. The van der Waals surface area contributed by atoms with Gasteiger partial charge in [-0.1, -0.05) is 0 Å². The number of aromatic carboxylic acids is 1. The Balaban J connectivity index is 0.000000160. The Hall–Kier alpha value is -2.15. The second kappa shape index (κ2) is 5.66. The number of carboxylic acids is 1. The summed E-state index contributed by atoms with van der Waals surface area (Å²) in [6.07, 6.45) is 5.38. The van der Waals surface area contributed by atoms with E-state index in [1.165, 1.54) is 24.8 Å². The lowest BCUT2D eigenvalue weighted by Crippen LogP contribution is -1.91. The molecule has 0 spiro atoms. The van der Waals surface area contributed by atoms with Crippen molar-refractivity contribution in [3.05, 3.63) is 35.9 Å². The maximum atomic E-state index is 10.2. The topological polar surface area (TPSA) is 112 Å². The van der Waals surface area contributed by atoms with E-state index in [0.717, 1.165) is 0 Å². The lowest BCUT2D eigenvalue weighted by atomic mass is 10.4. The number of carboxylic acid groups (broad SMARTS) is 1. The molecule has 0 radical (unpaired) electrons. The number of hydrogen-bond acceptors (Lipinski definition) is 4. The molecular weight excluding hydrogens is 236 g/mol. The van der Waals surface area contributed by atoms with Crippen molar-refractivity contribution in [3.8, 4) is 0 Å². The molecule has 16 heavy (non-hydrogen) atoms. The Labute approximate surface area is 94.4 Å². The minimum Gasteiger partial charge on any atom is -0.478 e. The van der Waals surface area contributed by atoms with Crippen LogP contribution in [0.3, 0.4) is 0 Å². The van der Waals surface area contributed by atoms with E-state index in [9.17, 15) is 9.59 Å². The van der Waals surface area contributed by atoms with Crippen LogP contribution in [0.1, 0.15) is 20.7 Å². The van der Waals surface area contributed by atoms with Gasteiger partial charge in [-0.15, -0.1) is 0 Å². The SMILES string of the molecule is O=C(Cl)c1cn[nH]c1.O=C(O)c1cn[nH]c1. The Kier molecular flexibility index (Phi) is 4.22. The number of hydrogen-bond donors (Lipinski definition) is 3. The number of carbonyl (C=O) groups is 2. The molecule has 3 N–H and O–H groups in total. The van der Waals surface area contributed by atoms with Gasteiger partial charge in [-0.2, -0.15) is 10.2 Å². The molecule has 0 saturated heterocycles. The van der Waals surface area contributed by atoms with E-state index in [1.54, 1.807) is 0 Å². The molecule has 0 aliphatic carbocycles. The summed E-state index contributed by atoms with van der Waals surface area (Å²) < 4.78 is 0. The summed E-state index contributed by atoms with van der Waals surface area (Å²) in [5.74, 6) is -0.959. The van der Waals surface area contributed by atoms with Crippen LogP contribution >= 0.6 is 11.6 Å². The van der Waals surface area contributed by atoms with Crippen molar-refractivity contribution in [1.29, 1.82) is 0 Å². The van der Waals surface area contributed by atoms with Crippen molar-refractivity contribution in [2.75, 3.05) is 0 Å². The maximum Gasteiger partial charge on any atom is 0.338 e. The number of rotatable bonds is 2. The first-order valence-electron chi connectivity index (χ1n) is 4.02. The highest BCUT2D eigenvalue weighted by molar-refractivity contribution is 6.67. The summed E-state index contributed by atoms with van der Waals surface area (Å²) >= 11 is 5.05. The van der Waals surface area contributed by atoms with Crippen LogP contribution < -0.4 is 0 Å². The van der Waals surface area contributed by atoms with Gasteiger partial charge in [0.2, 0.25) is 0 Å². The molecule has 7 nitrogen and oxygen atoms in total. The first-order valence-corrected chi connectivity index (χ1v) is 4.39. The molecule has 2 aromatic rings. The number of aromatic amines is 2. The van der Waals surface area contributed by atoms with Crippen molar-refractivity contribution in [1.82, 2.24) is 20.4 Å². The normalized spacial score (nSPS) is 9.06. The van der Waals surface area contributed by atoms with E-state index < -0.39 is 11.2 Å². The summed E-state index contributed by atoms with van der Waals surface area (Å²) in [6.45, 7) is 0. The average molecular weight is 243 g/mol. The minimum absolute atomic E-state index is 0.185. The standard InChI is InChI=1S/C4H3ClN2O.C4H4N2O2/c5-4(8)3-1-6-7-2-3;7-4(8)3-1-5-6-2-3/h1-2H,(H,6,7);1-2H,(H,5,6)(H,7,8). The van der Waals surface area contributed by atoms with Crippen molar-refractivity contribution in [3.63, 3.8) is 0 Å². The van der Waals surface area contributed by atoms with E-state index in [1.807, 2.05) is 0 Å². The van der Waals surface area contributed by atoms with Crippen LogP contribution in [-0.4, -0.2) is 36.7 Å². The number of halogens is 1. The van der Waals surface area contributed by atoms with E-state index >= 15 is 0 Å². The summed E-state index contributed by atoms with van der Waals surface area (Å²) in [4.78, 5) is 20.2. The zero-order valence-electron chi connectivity index (χ0n) is 7.85. The van der Waals surface area contributed by atoms with Gasteiger partial charge in [-0.05, 0) is 11.6 Å². The Bertz CT molecular complexity index is 407. The monoisotopic (exact) mass is 242 g/mol. The number of nitrogens with one attached hydrogen (secondary N) is 2. The lowest BCUT2D eigenvalue weighted by molar-refractivity contribution is 0.0697. The Morgan fingerprint density at radius 2 is 1.62 bits per heavy atom. The van der Waals surface area contributed by atoms with Gasteiger partial charge in [0.25, 0.3) is 5.24 Å². The fraction of sp³-hybridized carbons (Fsp3) is 0. The van der Waals surface area contributed by atoms with E-state index in [4.69, 9.17) is 16.7 Å². The summed E-state index contributed by atoms with van der Waals surface area (Å²) in [5.41, 5.74) is 0.580. The van der Waals surface area contributed by atoms with Gasteiger partial charge in [-0.3, -0.25) is 15.0 Å². The molecule has 8 heteroatoms. The van der Waals surface area contributed by atoms with Gasteiger partial charge in [-0.25, -0.2) is 4.79 Å². The van der Waals surface area contributed by atoms with Crippen molar-refractivity contribution < 1.29 is 14.7 Å². The van der Waals surface area contributed by atoms with Crippen LogP contribution in [0.4, 0.5) is 0 Å². The summed E-state index contributed by atoms with van der Waals surface area (Å²) in [6, 6.07) is 0. The fourth-order valence-electron chi connectivity index (χ4n) is 0.726. The average Bonchev–Trinajstić information content (AvgIpc) is 2.93. The van der Waals surface area contributed by atoms with Gasteiger partial charge >= 0.3 is 5.97 Å². The molecule has 0 aliphatic heterocycles. The smallest absolute Gasteiger partial charge is 0.338 e.